The third-order valence-electron chi connectivity index (χ3n) is 4.60. The van der Waals surface area contributed by atoms with Gasteiger partial charge in [-0.15, -0.1) is 0 Å². The van der Waals surface area contributed by atoms with Crippen LogP contribution in [0.2, 0.25) is 5.02 Å². The van der Waals surface area contributed by atoms with Crippen LogP contribution in [-0.4, -0.2) is 28.6 Å². The van der Waals surface area contributed by atoms with E-state index in [0.29, 0.717) is 19.2 Å². The second-order valence-corrected chi connectivity index (χ2v) is 8.94. The molecule has 1 N–H and O–H groups in total. The van der Waals surface area contributed by atoms with Crippen molar-refractivity contribution in [3.63, 3.8) is 0 Å². The zero-order valence-electron chi connectivity index (χ0n) is 17.3. The van der Waals surface area contributed by atoms with Gasteiger partial charge in [0, 0.05) is 13.1 Å². The summed E-state index contributed by atoms with van der Waals surface area (Å²) in [6.45, 7) is 2.57. The van der Waals surface area contributed by atoms with Gasteiger partial charge in [-0.25, -0.2) is 26.9 Å². The van der Waals surface area contributed by atoms with Crippen LogP contribution in [-0.2, 0) is 23.2 Å². The van der Waals surface area contributed by atoms with E-state index in [-0.39, 0.29) is 26.7 Å². The van der Waals surface area contributed by atoms with Crippen LogP contribution in [0, 0.1) is 19.7 Å². The maximum Gasteiger partial charge on any atom is 0.431 e. The largest absolute Gasteiger partial charge is 0.431 e. The minimum Gasteiger partial charge on any atom is -0.360 e. The highest BCUT2D eigenvalue weighted by molar-refractivity contribution is 7.90. The van der Waals surface area contributed by atoms with Crippen LogP contribution < -0.4 is 16.0 Å². The van der Waals surface area contributed by atoms with E-state index in [4.69, 9.17) is 16.1 Å². The van der Waals surface area contributed by atoms with Gasteiger partial charge < -0.3 is 4.52 Å². The molecule has 0 saturated carbocycles. The number of carbonyl (C=O) groups is 1. The second-order valence-electron chi connectivity index (χ2n) is 6.91. The van der Waals surface area contributed by atoms with Gasteiger partial charge in [0.05, 0.1) is 16.3 Å². The van der Waals surface area contributed by atoms with Gasteiger partial charge in [-0.05, 0) is 26.0 Å². The molecule has 0 radical (unpaired) electrons. The van der Waals surface area contributed by atoms with Crippen molar-refractivity contribution in [2.75, 3.05) is 0 Å². The number of halogens is 5. The molecule has 1 amide bonds. The molecule has 0 unspecified atom stereocenters. The molecule has 16 heteroatoms. The highest BCUT2D eigenvalue weighted by Gasteiger charge is 2.35. The fourth-order valence-corrected chi connectivity index (χ4v) is 4.62. The van der Waals surface area contributed by atoms with Crippen LogP contribution in [0.1, 0.15) is 27.5 Å². The van der Waals surface area contributed by atoms with E-state index in [2.05, 4.69) is 5.16 Å². The van der Waals surface area contributed by atoms with Crippen LogP contribution in [0.5, 0.6) is 0 Å². The molecular formula is C18H13ClF4N4O6S. The molecule has 0 atom stereocenters. The Kier molecular flexibility index (Phi) is 6.21. The molecule has 2 heterocycles. The first-order valence-corrected chi connectivity index (χ1v) is 10.8. The number of carbonyl (C=O) groups excluding carboxylic acids is 1. The summed E-state index contributed by atoms with van der Waals surface area (Å²) in [7, 11) is -3.84. The normalized spacial score (nSPS) is 12.1. The van der Waals surface area contributed by atoms with Gasteiger partial charge in [0.2, 0.25) is 0 Å². The highest BCUT2D eigenvalue weighted by Crippen LogP contribution is 2.28. The minimum absolute atomic E-state index is 0.0421. The molecule has 182 valence electrons. The number of sulfonamides is 1. The lowest BCUT2D eigenvalue weighted by molar-refractivity contribution is -0.144. The van der Waals surface area contributed by atoms with Gasteiger partial charge >= 0.3 is 11.9 Å². The lowest BCUT2D eigenvalue weighted by Crippen LogP contribution is -2.41. The maximum absolute atomic E-state index is 14.6. The molecule has 1 aromatic carbocycles. The van der Waals surface area contributed by atoms with Crippen molar-refractivity contribution in [3.05, 3.63) is 72.6 Å². The quantitative estimate of drug-likeness (QED) is 0.516. The van der Waals surface area contributed by atoms with Crippen molar-refractivity contribution >= 4 is 27.5 Å². The number of amides is 1. The maximum atomic E-state index is 14.6. The number of nitrogens with one attached hydrogen (secondary N) is 1. The molecule has 0 saturated heterocycles. The number of benzene rings is 1. The van der Waals surface area contributed by atoms with Crippen molar-refractivity contribution in [1.82, 2.24) is 19.0 Å². The minimum atomic E-state index is -5.05. The van der Waals surface area contributed by atoms with E-state index in [1.807, 2.05) is 0 Å². The predicted molar refractivity (Wildman–Crippen MR) is 108 cm³/mol. The summed E-state index contributed by atoms with van der Waals surface area (Å²) in [5, 5.41) is 2.85. The van der Waals surface area contributed by atoms with Gasteiger partial charge in [0.1, 0.15) is 17.2 Å². The van der Waals surface area contributed by atoms with Crippen LogP contribution in [0.4, 0.5) is 17.6 Å². The summed E-state index contributed by atoms with van der Waals surface area (Å²) in [4.78, 5) is 36.9. The van der Waals surface area contributed by atoms with Gasteiger partial charge in [0.25, 0.3) is 21.5 Å². The monoisotopic (exact) mass is 524 g/mol. The average Bonchev–Trinajstić information content (AvgIpc) is 3.04. The summed E-state index contributed by atoms with van der Waals surface area (Å²) in [5.41, 5.74) is -6.40. The smallest absolute Gasteiger partial charge is 0.360 e. The molecule has 0 aliphatic rings. The van der Waals surface area contributed by atoms with Gasteiger partial charge in [0.15, 0.2) is 10.7 Å². The zero-order chi connectivity index (χ0) is 25.7. The number of alkyl halides is 3. The van der Waals surface area contributed by atoms with Gasteiger partial charge in [-0.3, -0.25) is 14.2 Å². The predicted octanol–water partition coefficient (Wildman–Crippen LogP) is 2.07. The topological polar surface area (TPSA) is 133 Å². The van der Waals surface area contributed by atoms with Crippen molar-refractivity contribution < 1.29 is 35.3 Å². The summed E-state index contributed by atoms with van der Waals surface area (Å²) >= 11 is 5.85. The first-order valence-electron chi connectivity index (χ1n) is 8.96. The molecule has 3 aromatic rings. The number of rotatable bonds is 4. The Labute approximate surface area is 192 Å². The molecule has 10 nitrogen and oxygen atoms in total. The molecule has 0 spiro atoms. The van der Waals surface area contributed by atoms with E-state index in [1.54, 1.807) is 4.72 Å². The second kappa shape index (κ2) is 8.39. The van der Waals surface area contributed by atoms with Crippen molar-refractivity contribution in [3.8, 4) is 5.69 Å². The summed E-state index contributed by atoms with van der Waals surface area (Å²) in [6, 6.07) is 1.13. The Morgan fingerprint density at radius 2 is 1.79 bits per heavy atom. The van der Waals surface area contributed by atoms with Crippen LogP contribution in [0.3, 0.4) is 0 Å². The van der Waals surface area contributed by atoms with Gasteiger partial charge in [-0.2, -0.15) is 13.2 Å². The number of aryl methyl sites for hydroxylation is 2. The van der Waals surface area contributed by atoms with Crippen molar-refractivity contribution in [2.45, 2.75) is 24.9 Å². The van der Waals surface area contributed by atoms with E-state index in [0.717, 1.165) is 0 Å². The van der Waals surface area contributed by atoms with E-state index < -0.39 is 66.0 Å². The fraction of sp³-hybridized carbons (Fsp3) is 0.222. The molecule has 34 heavy (non-hydrogen) atoms. The summed E-state index contributed by atoms with van der Waals surface area (Å²) in [5.74, 6) is -2.86. The Hall–Kier alpha value is -3.46. The zero-order valence-corrected chi connectivity index (χ0v) is 18.9. The van der Waals surface area contributed by atoms with E-state index >= 15 is 0 Å². The van der Waals surface area contributed by atoms with E-state index in [1.165, 1.54) is 13.8 Å². The Balaban J connectivity index is 2.15. The number of nitrogens with zero attached hydrogens (tertiary/aromatic N) is 3. The SMILES string of the molecule is Cc1noc(C)c1S(=O)(=O)NC(=O)c1cc(-n2c(=O)cc(C(F)(F)F)n(C)c2=O)c(F)cc1Cl. The molecule has 3 rings (SSSR count). The highest BCUT2D eigenvalue weighted by atomic mass is 35.5. The number of hydrogen-bond acceptors (Lipinski definition) is 7. The van der Waals surface area contributed by atoms with Crippen molar-refractivity contribution in [2.24, 2.45) is 7.05 Å². The Morgan fingerprint density at radius 3 is 2.32 bits per heavy atom. The lowest BCUT2D eigenvalue weighted by atomic mass is 10.1. The Morgan fingerprint density at radius 1 is 1.18 bits per heavy atom. The van der Waals surface area contributed by atoms with Crippen LogP contribution >= 0.6 is 11.6 Å². The number of aromatic nitrogens is 3. The molecule has 0 aliphatic carbocycles. The average molecular weight is 525 g/mol. The standard InChI is InChI=1S/C18H13ClF4N4O6S/c1-7-15(8(2)33-24-7)34(31,32)25-16(29)9-4-12(11(20)5-10(9)19)27-14(28)6-13(18(21,22)23)26(3)17(27)30/h4-6H,1-3H3,(H,25,29). The molecule has 0 aliphatic heterocycles. The van der Waals surface area contributed by atoms with Crippen LogP contribution in [0.25, 0.3) is 5.69 Å². The lowest BCUT2D eigenvalue weighted by Gasteiger charge is -2.15. The number of hydrogen-bond donors (Lipinski definition) is 1. The van der Waals surface area contributed by atoms with E-state index in [9.17, 15) is 40.4 Å². The van der Waals surface area contributed by atoms with Crippen LogP contribution in [0.15, 0.2) is 37.2 Å². The summed E-state index contributed by atoms with van der Waals surface area (Å²) < 4.78 is 85.4. The fourth-order valence-electron chi connectivity index (χ4n) is 3.09. The molecule has 0 bridgehead atoms. The van der Waals surface area contributed by atoms with Crippen molar-refractivity contribution in [1.29, 1.82) is 0 Å². The molecule has 2 aromatic heterocycles. The molecule has 0 fully saturated rings. The molecular weight excluding hydrogens is 512 g/mol. The summed E-state index contributed by atoms with van der Waals surface area (Å²) in [6.07, 6.45) is -5.05. The first kappa shape index (κ1) is 25.2. The first-order chi connectivity index (χ1) is 15.6. The Bertz CT molecular complexity index is 1540. The third-order valence-corrected chi connectivity index (χ3v) is 6.48. The third kappa shape index (κ3) is 4.35. The van der Waals surface area contributed by atoms with Gasteiger partial charge in [-0.1, -0.05) is 16.8 Å².